The first kappa shape index (κ1) is 9.69. The Hall–Kier alpha value is -0.860. The molecule has 0 spiro atoms. The standard InChI is InChI=1S/C12H18N2/c1-14-9-5-8-12(13,10-14)11-6-3-2-4-7-11/h2-4,6-7H,5,8-10,13H2,1H3/t12-/m0/s1. The Kier molecular flexibility index (Phi) is 2.57. The molecule has 2 nitrogen and oxygen atoms in total. The van der Waals surface area contributed by atoms with Crippen LogP contribution in [0.2, 0.25) is 0 Å². The number of rotatable bonds is 1. The van der Waals surface area contributed by atoms with E-state index in [2.05, 4.69) is 36.2 Å². The zero-order chi connectivity index (χ0) is 10.0. The predicted octanol–water partition coefficient (Wildman–Crippen LogP) is 1.57. The van der Waals surface area contributed by atoms with Crippen LogP contribution in [-0.4, -0.2) is 25.0 Å². The summed E-state index contributed by atoms with van der Waals surface area (Å²) < 4.78 is 0. The van der Waals surface area contributed by atoms with E-state index in [1.165, 1.54) is 18.5 Å². The minimum Gasteiger partial charge on any atom is -0.320 e. The molecule has 1 atom stereocenters. The van der Waals surface area contributed by atoms with Gasteiger partial charge >= 0.3 is 0 Å². The Balaban J connectivity index is 2.23. The van der Waals surface area contributed by atoms with E-state index in [1.807, 2.05) is 6.07 Å². The third-order valence-corrected chi connectivity index (χ3v) is 3.06. The number of likely N-dealkylation sites (tertiary alicyclic amines) is 1. The van der Waals surface area contributed by atoms with E-state index in [0.29, 0.717) is 0 Å². The van der Waals surface area contributed by atoms with Crippen LogP contribution in [-0.2, 0) is 5.54 Å². The normalized spacial score (nSPS) is 29.0. The summed E-state index contributed by atoms with van der Waals surface area (Å²) in [5.41, 5.74) is 7.57. The van der Waals surface area contributed by atoms with Crippen molar-refractivity contribution in [3.63, 3.8) is 0 Å². The fourth-order valence-corrected chi connectivity index (χ4v) is 2.31. The van der Waals surface area contributed by atoms with Crippen molar-refractivity contribution in [3.8, 4) is 0 Å². The first-order valence-corrected chi connectivity index (χ1v) is 5.24. The lowest BCUT2D eigenvalue weighted by atomic mass is 9.83. The molecular formula is C12H18N2. The lowest BCUT2D eigenvalue weighted by molar-refractivity contribution is 0.179. The largest absolute Gasteiger partial charge is 0.320 e. The van der Waals surface area contributed by atoms with Crippen molar-refractivity contribution in [1.82, 2.24) is 4.90 Å². The van der Waals surface area contributed by atoms with Gasteiger partial charge in [-0.3, -0.25) is 0 Å². The van der Waals surface area contributed by atoms with Crippen LogP contribution in [0, 0.1) is 0 Å². The van der Waals surface area contributed by atoms with Gasteiger partial charge in [-0.05, 0) is 32.0 Å². The molecule has 1 saturated heterocycles. The second-order valence-corrected chi connectivity index (χ2v) is 4.36. The van der Waals surface area contributed by atoms with E-state index in [0.717, 1.165) is 13.0 Å². The molecule has 0 unspecified atom stereocenters. The fourth-order valence-electron chi connectivity index (χ4n) is 2.31. The molecule has 1 aromatic rings. The van der Waals surface area contributed by atoms with Crippen LogP contribution >= 0.6 is 0 Å². The molecule has 0 amide bonds. The minimum atomic E-state index is -0.131. The monoisotopic (exact) mass is 190 g/mol. The Bertz CT molecular complexity index is 296. The van der Waals surface area contributed by atoms with Gasteiger partial charge in [0.05, 0.1) is 5.54 Å². The maximum Gasteiger partial charge on any atom is 0.0538 e. The molecule has 1 fully saturated rings. The number of hydrogen-bond acceptors (Lipinski definition) is 2. The molecule has 2 heteroatoms. The van der Waals surface area contributed by atoms with Crippen LogP contribution in [0.4, 0.5) is 0 Å². The van der Waals surface area contributed by atoms with Crippen LogP contribution in [0.25, 0.3) is 0 Å². The van der Waals surface area contributed by atoms with E-state index in [1.54, 1.807) is 0 Å². The second-order valence-electron chi connectivity index (χ2n) is 4.36. The van der Waals surface area contributed by atoms with Gasteiger partial charge in [0, 0.05) is 6.54 Å². The van der Waals surface area contributed by atoms with E-state index < -0.39 is 0 Å². The average Bonchev–Trinajstić information content (AvgIpc) is 2.19. The summed E-state index contributed by atoms with van der Waals surface area (Å²) >= 11 is 0. The third-order valence-electron chi connectivity index (χ3n) is 3.06. The van der Waals surface area contributed by atoms with E-state index in [4.69, 9.17) is 5.73 Å². The van der Waals surface area contributed by atoms with Gasteiger partial charge in [-0.25, -0.2) is 0 Å². The molecule has 1 aliphatic rings. The van der Waals surface area contributed by atoms with Crippen molar-refractivity contribution in [2.75, 3.05) is 20.1 Å². The molecule has 0 aliphatic carbocycles. The van der Waals surface area contributed by atoms with Gasteiger partial charge in [0.15, 0.2) is 0 Å². The van der Waals surface area contributed by atoms with Crippen molar-refractivity contribution in [2.45, 2.75) is 18.4 Å². The van der Waals surface area contributed by atoms with Crippen LogP contribution in [0.15, 0.2) is 30.3 Å². The van der Waals surface area contributed by atoms with Gasteiger partial charge < -0.3 is 10.6 Å². The Morgan fingerprint density at radius 2 is 2.00 bits per heavy atom. The summed E-state index contributed by atoms with van der Waals surface area (Å²) in [6.45, 7) is 2.14. The topological polar surface area (TPSA) is 29.3 Å². The third kappa shape index (κ3) is 1.81. The van der Waals surface area contributed by atoms with Crippen molar-refractivity contribution in [2.24, 2.45) is 5.73 Å². The summed E-state index contributed by atoms with van der Waals surface area (Å²) in [5.74, 6) is 0. The summed E-state index contributed by atoms with van der Waals surface area (Å²) in [4.78, 5) is 2.32. The second kappa shape index (κ2) is 3.71. The van der Waals surface area contributed by atoms with Crippen LogP contribution in [0.3, 0.4) is 0 Å². The first-order chi connectivity index (χ1) is 6.71. The van der Waals surface area contributed by atoms with Crippen molar-refractivity contribution >= 4 is 0 Å². The predicted molar refractivity (Wildman–Crippen MR) is 59.0 cm³/mol. The smallest absolute Gasteiger partial charge is 0.0538 e. The SMILES string of the molecule is CN1CCC[C@@](N)(c2ccccc2)C1. The van der Waals surface area contributed by atoms with Gasteiger partial charge in [-0.2, -0.15) is 0 Å². The first-order valence-electron chi connectivity index (χ1n) is 5.24. The molecule has 1 aromatic carbocycles. The Morgan fingerprint density at radius 3 is 2.64 bits per heavy atom. The number of nitrogens with two attached hydrogens (primary N) is 1. The summed E-state index contributed by atoms with van der Waals surface area (Å²) in [6.07, 6.45) is 2.29. The molecule has 76 valence electrons. The van der Waals surface area contributed by atoms with E-state index >= 15 is 0 Å². The highest BCUT2D eigenvalue weighted by molar-refractivity contribution is 5.25. The van der Waals surface area contributed by atoms with Crippen molar-refractivity contribution in [1.29, 1.82) is 0 Å². The molecule has 1 aliphatic heterocycles. The molecule has 1 heterocycles. The van der Waals surface area contributed by atoms with E-state index in [9.17, 15) is 0 Å². The maximum atomic E-state index is 6.43. The van der Waals surface area contributed by atoms with Crippen LogP contribution < -0.4 is 5.73 Å². The Labute approximate surface area is 85.7 Å². The zero-order valence-corrected chi connectivity index (χ0v) is 8.74. The molecule has 0 saturated carbocycles. The molecule has 14 heavy (non-hydrogen) atoms. The highest BCUT2D eigenvalue weighted by Crippen LogP contribution is 2.27. The lowest BCUT2D eigenvalue weighted by Gasteiger charge is -2.39. The Morgan fingerprint density at radius 1 is 1.29 bits per heavy atom. The number of likely N-dealkylation sites (N-methyl/N-ethyl adjacent to an activating group) is 1. The van der Waals surface area contributed by atoms with Crippen molar-refractivity contribution in [3.05, 3.63) is 35.9 Å². The van der Waals surface area contributed by atoms with Gasteiger partial charge in [0.1, 0.15) is 0 Å². The van der Waals surface area contributed by atoms with Crippen LogP contribution in [0.5, 0.6) is 0 Å². The molecular weight excluding hydrogens is 172 g/mol. The van der Waals surface area contributed by atoms with E-state index in [-0.39, 0.29) is 5.54 Å². The fraction of sp³-hybridized carbons (Fsp3) is 0.500. The maximum absolute atomic E-state index is 6.43. The average molecular weight is 190 g/mol. The molecule has 0 aromatic heterocycles. The zero-order valence-electron chi connectivity index (χ0n) is 8.74. The number of nitrogens with zero attached hydrogens (tertiary/aromatic N) is 1. The molecule has 2 rings (SSSR count). The summed E-state index contributed by atoms with van der Waals surface area (Å²) in [7, 11) is 2.14. The van der Waals surface area contributed by atoms with Crippen LogP contribution in [0.1, 0.15) is 18.4 Å². The highest BCUT2D eigenvalue weighted by atomic mass is 15.1. The van der Waals surface area contributed by atoms with Gasteiger partial charge in [0.2, 0.25) is 0 Å². The molecule has 2 N–H and O–H groups in total. The highest BCUT2D eigenvalue weighted by Gasteiger charge is 2.31. The van der Waals surface area contributed by atoms with Gasteiger partial charge in [-0.15, -0.1) is 0 Å². The number of hydrogen-bond donors (Lipinski definition) is 1. The summed E-state index contributed by atoms with van der Waals surface area (Å²) in [6, 6.07) is 10.5. The van der Waals surface area contributed by atoms with Crippen molar-refractivity contribution < 1.29 is 0 Å². The number of benzene rings is 1. The quantitative estimate of drug-likeness (QED) is 0.728. The summed E-state index contributed by atoms with van der Waals surface area (Å²) in [5, 5.41) is 0. The van der Waals surface area contributed by atoms with Gasteiger partial charge in [-0.1, -0.05) is 30.3 Å². The molecule has 0 radical (unpaired) electrons. The lowest BCUT2D eigenvalue weighted by Crippen LogP contribution is -2.50. The van der Waals surface area contributed by atoms with Gasteiger partial charge in [0.25, 0.3) is 0 Å². The molecule has 0 bridgehead atoms. The number of piperidine rings is 1. The minimum absolute atomic E-state index is 0.131.